The van der Waals surface area contributed by atoms with Crippen LogP contribution in [-0.4, -0.2) is 18.2 Å². The van der Waals surface area contributed by atoms with Gasteiger partial charge >= 0.3 is 0 Å². The predicted octanol–water partition coefficient (Wildman–Crippen LogP) is 4.87. The van der Waals surface area contributed by atoms with Gasteiger partial charge < -0.3 is 0 Å². The lowest BCUT2D eigenvalue weighted by atomic mass is 9.99. The van der Waals surface area contributed by atoms with Crippen LogP contribution in [0.1, 0.15) is 11.3 Å². The van der Waals surface area contributed by atoms with Crippen molar-refractivity contribution >= 4 is 21.6 Å². The van der Waals surface area contributed by atoms with Gasteiger partial charge in [-0.1, -0.05) is 72.3 Å². The number of nitrogens with two attached hydrogens (primary N) is 1. The largest absolute Gasteiger partial charge is 0.264 e. The molecule has 0 unspecified atom stereocenters. The van der Waals surface area contributed by atoms with E-state index in [1.165, 1.54) is 6.07 Å². The van der Waals surface area contributed by atoms with Gasteiger partial charge in [-0.2, -0.15) is 5.10 Å². The Morgan fingerprint density at radius 2 is 1.57 bits per heavy atom. The lowest BCUT2D eigenvalue weighted by Crippen LogP contribution is -2.13. The molecular weight excluding hydrogens is 418 g/mol. The number of halogens is 1. The number of hydrogen-bond acceptors (Lipinski definition) is 3. The van der Waals surface area contributed by atoms with Crippen LogP contribution in [0.2, 0.25) is 5.02 Å². The molecule has 0 atom stereocenters. The lowest BCUT2D eigenvalue weighted by Gasteiger charge is -2.08. The highest BCUT2D eigenvalue weighted by molar-refractivity contribution is 7.89. The zero-order valence-electron chi connectivity index (χ0n) is 16.3. The van der Waals surface area contributed by atoms with Crippen molar-refractivity contribution < 1.29 is 8.42 Å². The molecule has 2 N–H and O–H groups in total. The van der Waals surface area contributed by atoms with E-state index in [-0.39, 0.29) is 4.90 Å². The third-order valence-corrected chi connectivity index (χ3v) is 6.18. The van der Waals surface area contributed by atoms with E-state index >= 15 is 0 Å². The summed E-state index contributed by atoms with van der Waals surface area (Å²) in [4.78, 5) is 0.0459. The second kappa shape index (κ2) is 8.07. The number of sulfonamides is 1. The smallest absolute Gasteiger partial charge is 0.238 e. The molecule has 0 amide bonds. The molecule has 0 saturated heterocycles. The summed E-state index contributed by atoms with van der Waals surface area (Å²) in [6.45, 7) is 2.54. The molecule has 0 aliphatic rings. The second-order valence-electron chi connectivity index (χ2n) is 7.00. The maximum atomic E-state index is 12.2. The van der Waals surface area contributed by atoms with E-state index in [9.17, 15) is 8.42 Å². The van der Waals surface area contributed by atoms with Crippen molar-refractivity contribution in [1.29, 1.82) is 0 Å². The van der Waals surface area contributed by atoms with Gasteiger partial charge in [0.2, 0.25) is 10.0 Å². The van der Waals surface area contributed by atoms with Crippen molar-refractivity contribution in [3.05, 3.63) is 95.1 Å². The van der Waals surface area contributed by atoms with Crippen LogP contribution in [0, 0.1) is 6.92 Å². The van der Waals surface area contributed by atoms with Crippen LogP contribution >= 0.6 is 11.6 Å². The van der Waals surface area contributed by atoms with Crippen molar-refractivity contribution in [2.45, 2.75) is 18.4 Å². The fourth-order valence-electron chi connectivity index (χ4n) is 3.52. The Morgan fingerprint density at radius 1 is 0.933 bits per heavy atom. The molecule has 30 heavy (non-hydrogen) atoms. The molecular formula is C23H20ClN3O2S. The molecule has 0 saturated carbocycles. The summed E-state index contributed by atoms with van der Waals surface area (Å²) in [5, 5.41) is 10.9. The number of primary sulfonamides is 1. The molecule has 0 aliphatic carbocycles. The number of benzene rings is 3. The normalized spacial score (nSPS) is 11.6. The summed E-state index contributed by atoms with van der Waals surface area (Å²) in [5.41, 5.74) is 4.79. The SMILES string of the molecule is Cc1c(-c2ccc(Cl)cc2)c(-c2ccccc2S(N)(=O)=O)nn1Cc1ccccc1. The van der Waals surface area contributed by atoms with Crippen LogP contribution < -0.4 is 5.14 Å². The quantitative estimate of drug-likeness (QED) is 0.483. The van der Waals surface area contributed by atoms with Crippen LogP contribution in [0.4, 0.5) is 0 Å². The predicted molar refractivity (Wildman–Crippen MR) is 120 cm³/mol. The van der Waals surface area contributed by atoms with Crippen molar-refractivity contribution in [1.82, 2.24) is 9.78 Å². The maximum Gasteiger partial charge on any atom is 0.238 e. The standard InChI is InChI=1S/C23H20ClN3O2S/c1-16-22(18-11-13-19(24)14-12-18)23(20-9-5-6-10-21(20)30(25,28)29)26-27(16)15-17-7-3-2-4-8-17/h2-14H,15H2,1H3,(H2,25,28,29). The first kappa shape index (κ1) is 20.3. The average molecular weight is 438 g/mol. The van der Waals surface area contributed by atoms with Crippen LogP contribution in [0.25, 0.3) is 22.4 Å². The second-order valence-corrected chi connectivity index (χ2v) is 8.97. The van der Waals surface area contributed by atoms with Gasteiger partial charge in [0.25, 0.3) is 0 Å². The van der Waals surface area contributed by atoms with Gasteiger partial charge in [-0.15, -0.1) is 0 Å². The molecule has 4 rings (SSSR count). The Hall–Kier alpha value is -2.93. The Balaban J connectivity index is 1.96. The average Bonchev–Trinajstić information content (AvgIpc) is 3.05. The fourth-order valence-corrected chi connectivity index (χ4v) is 4.38. The number of hydrogen-bond donors (Lipinski definition) is 1. The van der Waals surface area contributed by atoms with Gasteiger partial charge in [-0.3, -0.25) is 4.68 Å². The number of aromatic nitrogens is 2. The van der Waals surface area contributed by atoms with Gasteiger partial charge in [-0.05, 0) is 36.2 Å². The Labute approximate surface area is 180 Å². The van der Waals surface area contributed by atoms with E-state index in [1.54, 1.807) is 30.3 Å². The number of rotatable bonds is 5. The van der Waals surface area contributed by atoms with E-state index in [4.69, 9.17) is 21.8 Å². The molecule has 0 radical (unpaired) electrons. The van der Waals surface area contributed by atoms with E-state index in [1.807, 2.05) is 54.1 Å². The summed E-state index contributed by atoms with van der Waals surface area (Å²) in [6.07, 6.45) is 0. The molecule has 152 valence electrons. The van der Waals surface area contributed by atoms with Crippen LogP contribution in [0.3, 0.4) is 0 Å². The van der Waals surface area contributed by atoms with Gasteiger partial charge in [0.05, 0.1) is 11.4 Å². The Kier molecular flexibility index (Phi) is 5.47. The van der Waals surface area contributed by atoms with E-state index in [0.717, 1.165) is 22.4 Å². The third kappa shape index (κ3) is 4.03. The van der Waals surface area contributed by atoms with Crippen molar-refractivity contribution in [3.63, 3.8) is 0 Å². The van der Waals surface area contributed by atoms with Crippen molar-refractivity contribution in [2.24, 2.45) is 5.14 Å². The van der Waals surface area contributed by atoms with Gasteiger partial charge in [0.15, 0.2) is 0 Å². The molecule has 7 heteroatoms. The highest BCUT2D eigenvalue weighted by atomic mass is 35.5. The Morgan fingerprint density at radius 3 is 2.23 bits per heavy atom. The van der Waals surface area contributed by atoms with Gasteiger partial charge in [0, 0.05) is 21.8 Å². The highest BCUT2D eigenvalue weighted by Crippen LogP contribution is 2.37. The summed E-state index contributed by atoms with van der Waals surface area (Å²) in [6, 6.07) is 24.1. The molecule has 0 fully saturated rings. The molecule has 5 nitrogen and oxygen atoms in total. The van der Waals surface area contributed by atoms with Crippen LogP contribution in [0.15, 0.2) is 83.8 Å². The minimum atomic E-state index is -3.92. The van der Waals surface area contributed by atoms with Gasteiger partial charge in [-0.25, -0.2) is 13.6 Å². The zero-order valence-corrected chi connectivity index (χ0v) is 17.9. The first-order chi connectivity index (χ1) is 14.3. The minimum absolute atomic E-state index is 0.0459. The molecule has 4 aromatic rings. The molecule has 1 aromatic heterocycles. The molecule has 0 spiro atoms. The molecule has 3 aromatic carbocycles. The monoisotopic (exact) mass is 437 g/mol. The summed E-state index contributed by atoms with van der Waals surface area (Å²) < 4.78 is 26.3. The van der Waals surface area contributed by atoms with E-state index in [2.05, 4.69) is 0 Å². The van der Waals surface area contributed by atoms with Gasteiger partial charge in [0.1, 0.15) is 5.69 Å². The van der Waals surface area contributed by atoms with E-state index < -0.39 is 10.0 Å². The first-order valence-corrected chi connectivity index (χ1v) is 11.3. The zero-order chi connectivity index (χ0) is 21.3. The Bertz CT molecular complexity index is 1300. The third-order valence-electron chi connectivity index (χ3n) is 4.96. The first-order valence-electron chi connectivity index (χ1n) is 9.34. The van der Waals surface area contributed by atoms with Crippen molar-refractivity contribution in [3.8, 4) is 22.4 Å². The molecule has 0 bridgehead atoms. The van der Waals surface area contributed by atoms with Crippen LogP contribution in [0.5, 0.6) is 0 Å². The minimum Gasteiger partial charge on any atom is -0.264 e. The topological polar surface area (TPSA) is 78.0 Å². The summed E-state index contributed by atoms with van der Waals surface area (Å²) in [7, 11) is -3.92. The fraction of sp³-hybridized carbons (Fsp3) is 0.0870. The van der Waals surface area contributed by atoms with Crippen molar-refractivity contribution in [2.75, 3.05) is 0 Å². The van der Waals surface area contributed by atoms with Crippen LogP contribution in [-0.2, 0) is 16.6 Å². The maximum absolute atomic E-state index is 12.2. The number of nitrogens with zero attached hydrogens (tertiary/aromatic N) is 2. The molecule has 1 heterocycles. The lowest BCUT2D eigenvalue weighted by molar-refractivity contribution is 0.598. The summed E-state index contributed by atoms with van der Waals surface area (Å²) in [5.74, 6) is 0. The van der Waals surface area contributed by atoms with E-state index in [0.29, 0.717) is 22.8 Å². The highest BCUT2D eigenvalue weighted by Gasteiger charge is 2.23. The molecule has 0 aliphatic heterocycles. The summed E-state index contributed by atoms with van der Waals surface area (Å²) >= 11 is 6.08.